The Hall–Kier alpha value is -2.90. The van der Waals surface area contributed by atoms with Crippen molar-refractivity contribution in [1.82, 2.24) is 4.98 Å². The molecule has 1 aromatic heterocycles. The smallest absolute Gasteiger partial charge is 0.546 e. The number of aliphatic carboxylic acids is 1. The van der Waals surface area contributed by atoms with E-state index in [2.05, 4.69) is 0 Å². The molecule has 0 bridgehead atoms. The SMILES string of the molecule is O=C([O-])COc1cccc(C[C@@H]2CCC[C@H]3O[C@@]23c2nc(-c3ccccc3)c(-c3ccccc3)o2)c1.[Na+]. The Balaban J connectivity index is 0.00000280. The zero-order valence-electron chi connectivity index (χ0n) is 20.8. The Morgan fingerprint density at radius 2 is 1.70 bits per heavy atom. The maximum absolute atomic E-state index is 10.8. The fourth-order valence-electron chi connectivity index (χ4n) is 5.47. The minimum absolute atomic E-state index is 0. The van der Waals surface area contributed by atoms with Gasteiger partial charge in [0, 0.05) is 17.0 Å². The van der Waals surface area contributed by atoms with Crippen LogP contribution in [0.4, 0.5) is 0 Å². The molecule has 2 aliphatic rings. The summed E-state index contributed by atoms with van der Waals surface area (Å²) in [6.45, 7) is -0.469. The van der Waals surface area contributed by atoms with Gasteiger partial charge in [0.1, 0.15) is 18.1 Å². The standard InChI is InChI=1S/C30H27NO5.Na/c32-26(33)19-34-24-15-7-9-20(18-24)17-23-14-8-16-25-30(23,36-25)29-31-27(21-10-3-1-4-11-21)28(35-29)22-12-5-2-6-13-22;/h1-7,9-13,15,18,23,25H,8,14,16-17,19H2,(H,32,33);/q;+1/p-1/t23-,25+,30-;/m0./s1. The number of fused-ring (bicyclic) bond motifs is 1. The summed E-state index contributed by atoms with van der Waals surface area (Å²) in [5.41, 5.74) is 3.31. The van der Waals surface area contributed by atoms with Crippen molar-refractivity contribution >= 4 is 5.97 Å². The van der Waals surface area contributed by atoms with Crippen LogP contribution in [0.2, 0.25) is 0 Å². The van der Waals surface area contributed by atoms with Gasteiger partial charge in [0.15, 0.2) is 11.4 Å². The number of rotatable bonds is 8. The predicted molar refractivity (Wildman–Crippen MR) is 132 cm³/mol. The third kappa shape index (κ3) is 5.12. The van der Waals surface area contributed by atoms with E-state index in [1.54, 1.807) is 6.07 Å². The molecule has 6 nitrogen and oxygen atoms in total. The van der Waals surface area contributed by atoms with Gasteiger partial charge in [0.2, 0.25) is 5.89 Å². The second-order valence-corrected chi connectivity index (χ2v) is 9.47. The molecule has 0 unspecified atom stereocenters. The van der Waals surface area contributed by atoms with Crippen molar-refractivity contribution in [3.63, 3.8) is 0 Å². The molecule has 0 amide bonds. The van der Waals surface area contributed by atoms with Gasteiger partial charge in [-0.05, 0) is 37.0 Å². The molecule has 1 saturated carbocycles. The van der Waals surface area contributed by atoms with Gasteiger partial charge in [-0.25, -0.2) is 4.98 Å². The first-order valence-electron chi connectivity index (χ1n) is 12.3. The number of carbonyl (C=O) groups excluding carboxylic acids is 1. The number of aromatic nitrogens is 1. The second kappa shape index (κ2) is 10.8. The third-order valence-corrected chi connectivity index (χ3v) is 7.17. The van der Waals surface area contributed by atoms with Crippen LogP contribution < -0.4 is 39.4 Å². The van der Waals surface area contributed by atoms with Crippen LogP contribution in [-0.2, 0) is 21.6 Å². The molecule has 2 fully saturated rings. The largest absolute Gasteiger partial charge is 1.00 e. The summed E-state index contributed by atoms with van der Waals surface area (Å²) >= 11 is 0. The van der Waals surface area contributed by atoms with E-state index in [0.29, 0.717) is 11.6 Å². The van der Waals surface area contributed by atoms with E-state index in [4.69, 9.17) is 18.9 Å². The average Bonchev–Trinajstić information content (AvgIpc) is 3.51. The van der Waals surface area contributed by atoms with Crippen LogP contribution in [0.1, 0.15) is 30.7 Å². The van der Waals surface area contributed by atoms with Crippen LogP contribution in [0, 0.1) is 5.92 Å². The molecule has 1 saturated heterocycles. The van der Waals surface area contributed by atoms with E-state index >= 15 is 0 Å². The van der Waals surface area contributed by atoms with Crippen molar-refractivity contribution in [2.75, 3.05) is 6.61 Å². The van der Waals surface area contributed by atoms with Crippen molar-refractivity contribution in [1.29, 1.82) is 0 Å². The maximum Gasteiger partial charge on any atom is 1.00 e. The Bertz CT molecular complexity index is 1320. The molecule has 182 valence electrons. The molecule has 3 atom stereocenters. The Kier molecular flexibility index (Phi) is 7.54. The third-order valence-electron chi connectivity index (χ3n) is 7.17. The van der Waals surface area contributed by atoms with Gasteiger partial charge in [-0.2, -0.15) is 0 Å². The molecule has 7 heteroatoms. The number of hydrogen-bond acceptors (Lipinski definition) is 6. The summed E-state index contributed by atoms with van der Waals surface area (Å²) in [7, 11) is 0. The first-order chi connectivity index (χ1) is 17.6. The Morgan fingerprint density at radius 3 is 2.43 bits per heavy atom. The van der Waals surface area contributed by atoms with Crippen molar-refractivity contribution in [2.24, 2.45) is 5.92 Å². The quantitative estimate of drug-likeness (QED) is 0.269. The van der Waals surface area contributed by atoms with Crippen LogP contribution in [0.3, 0.4) is 0 Å². The molecule has 0 spiro atoms. The molecular formula is C30H26NNaO5. The molecule has 1 aliphatic heterocycles. The Morgan fingerprint density at radius 1 is 0.973 bits per heavy atom. The number of carbonyl (C=O) groups is 1. The number of nitrogens with zero attached hydrogens (tertiary/aromatic N) is 1. The number of ether oxygens (including phenoxy) is 2. The number of hydrogen-bond donors (Lipinski definition) is 0. The Labute approximate surface area is 237 Å². The van der Waals surface area contributed by atoms with E-state index in [1.165, 1.54) is 0 Å². The van der Waals surface area contributed by atoms with Crippen LogP contribution in [0.15, 0.2) is 89.3 Å². The molecular weight excluding hydrogens is 477 g/mol. The average molecular weight is 504 g/mol. The number of carboxylic acids is 1. The normalized spacial score (nSPS) is 21.9. The van der Waals surface area contributed by atoms with Gasteiger partial charge in [-0.3, -0.25) is 0 Å². The van der Waals surface area contributed by atoms with Gasteiger partial charge >= 0.3 is 29.6 Å². The first-order valence-corrected chi connectivity index (χ1v) is 12.3. The molecule has 0 N–H and O–H groups in total. The summed E-state index contributed by atoms with van der Waals surface area (Å²) < 4.78 is 18.3. The minimum Gasteiger partial charge on any atom is -0.546 e. The number of epoxide rings is 1. The van der Waals surface area contributed by atoms with Gasteiger partial charge in [-0.1, -0.05) is 79.2 Å². The fraction of sp³-hybridized carbons (Fsp3) is 0.267. The molecule has 2 heterocycles. The molecule has 37 heavy (non-hydrogen) atoms. The number of oxazole rings is 1. The molecule has 1 aliphatic carbocycles. The van der Waals surface area contributed by atoms with E-state index in [0.717, 1.165) is 53.8 Å². The van der Waals surface area contributed by atoms with E-state index in [1.807, 2.05) is 78.9 Å². The monoisotopic (exact) mass is 503 g/mol. The topological polar surface area (TPSA) is 87.9 Å². The fourth-order valence-corrected chi connectivity index (χ4v) is 5.47. The van der Waals surface area contributed by atoms with Crippen LogP contribution >= 0.6 is 0 Å². The van der Waals surface area contributed by atoms with Crippen LogP contribution in [-0.4, -0.2) is 23.7 Å². The summed E-state index contributed by atoms with van der Waals surface area (Å²) in [6, 6.07) is 27.7. The molecule has 6 rings (SSSR count). The summed E-state index contributed by atoms with van der Waals surface area (Å²) in [5, 5.41) is 10.8. The van der Waals surface area contributed by atoms with Crippen LogP contribution in [0.5, 0.6) is 5.75 Å². The number of benzene rings is 3. The van der Waals surface area contributed by atoms with E-state index in [-0.39, 0.29) is 41.6 Å². The van der Waals surface area contributed by atoms with Crippen molar-refractivity contribution < 1.29 is 53.3 Å². The summed E-state index contributed by atoms with van der Waals surface area (Å²) in [5.74, 6) is 0.845. The summed E-state index contributed by atoms with van der Waals surface area (Å²) in [4.78, 5) is 15.9. The van der Waals surface area contributed by atoms with Crippen molar-refractivity contribution in [3.8, 4) is 28.3 Å². The summed E-state index contributed by atoms with van der Waals surface area (Å²) in [6.07, 6.45) is 3.89. The number of carboxylic acid groups (broad SMARTS) is 1. The molecule has 4 aromatic rings. The van der Waals surface area contributed by atoms with Crippen LogP contribution in [0.25, 0.3) is 22.6 Å². The zero-order chi connectivity index (χ0) is 24.5. The zero-order valence-corrected chi connectivity index (χ0v) is 22.8. The minimum atomic E-state index is -1.24. The van der Waals surface area contributed by atoms with Crippen molar-refractivity contribution in [2.45, 2.75) is 37.4 Å². The van der Waals surface area contributed by atoms with Gasteiger partial charge < -0.3 is 23.8 Å². The van der Waals surface area contributed by atoms with E-state index in [9.17, 15) is 9.90 Å². The van der Waals surface area contributed by atoms with Gasteiger partial charge in [0.05, 0.1) is 12.1 Å². The molecule has 3 aromatic carbocycles. The van der Waals surface area contributed by atoms with Gasteiger partial charge in [-0.15, -0.1) is 0 Å². The second-order valence-electron chi connectivity index (χ2n) is 9.47. The maximum atomic E-state index is 10.8. The van der Waals surface area contributed by atoms with Crippen molar-refractivity contribution in [3.05, 3.63) is 96.4 Å². The molecule has 0 radical (unpaired) electrons. The van der Waals surface area contributed by atoms with E-state index < -0.39 is 18.2 Å². The predicted octanol–water partition coefficient (Wildman–Crippen LogP) is 1.78. The van der Waals surface area contributed by atoms with Gasteiger partial charge in [0.25, 0.3) is 0 Å². The first kappa shape index (κ1) is 25.7.